The zero-order valence-corrected chi connectivity index (χ0v) is 19.2. The van der Waals surface area contributed by atoms with Gasteiger partial charge < -0.3 is 10.2 Å². The maximum atomic E-state index is 12.6. The van der Waals surface area contributed by atoms with Crippen LogP contribution in [0.15, 0.2) is 65.7 Å². The van der Waals surface area contributed by atoms with Crippen LogP contribution in [0, 0.1) is 0 Å². The highest BCUT2D eigenvalue weighted by molar-refractivity contribution is 7.92. The molecule has 3 aromatic rings. The summed E-state index contributed by atoms with van der Waals surface area (Å²) in [6.45, 7) is 2.04. The Morgan fingerprint density at radius 1 is 0.969 bits per heavy atom. The quantitative estimate of drug-likeness (QED) is 0.504. The van der Waals surface area contributed by atoms with Gasteiger partial charge in [0.1, 0.15) is 10.7 Å². The molecule has 0 atom stereocenters. The molecule has 0 saturated carbocycles. The van der Waals surface area contributed by atoms with Crippen LogP contribution in [0.25, 0.3) is 0 Å². The molecule has 0 bridgehead atoms. The summed E-state index contributed by atoms with van der Waals surface area (Å²) in [7, 11) is -3.94. The van der Waals surface area contributed by atoms with Crippen molar-refractivity contribution >= 4 is 56.3 Å². The van der Waals surface area contributed by atoms with E-state index in [1.165, 1.54) is 55.3 Å². The Morgan fingerprint density at radius 3 is 2.34 bits per heavy atom. The first kappa shape index (κ1) is 22.4. The van der Waals surface area contributed by atoms with Crippen LogP contribution in [0.1, 0.15) is 23.2 Å². The van der Waals surface area contributed by atoms with E-state index in [0.717, 1.165) is 18.8 Å². The minimum atomic E-state index is -3.94. The molecule has 0 unspecified atom stereocenters. The topological polar surface area (TPSA) is 91.4 Å². The zero-order valence-electron chi connectivity index (χ0n) is 16.9. The largest absolute Gasteiger partial charge is 0.370 e. The van der Waals surface area contributed by atoms with Crippen LogP contribution >= 0.6 is 23.2 Å². The number of pyridine rings is 1. The molecule has 2 N–H and O–H groups in total. The van der Waals surface area contributed by atoms with Crippen molar-refractivity contribution in [2.45, 2.75) is 17.7 Å². The third-order valence-corrected chi connectivity index (χ3v) is 7.14. The number of anilines is 3. The molecule has 1 amide bonds. The van der Waals surface area contributed by atoms with E-state index in [1.54, 1.807) is 12.3 Å². The summed E-state index contributed by atoms with van der Waals surface area (Å²) >= 11 is 11.9. The Balaban J connectivity index is 1.41. The van der Waals surface area contributed by atoms with Crippen molar-refractivity contribution in [3.05, 3.63) is 76.4 Å². The normalized spacial score (nSPS) is 13.8. The number of halogens is 2. The first-order chi connectivity index (χ1) is 15.3. The average Bonchev–Trinajstić information content (AvgIpc) is 3.31. The molecule has 32 heavy (non-hydrogen) atoms. The second kappa shape index (κ2) is 9.36. The number of nitrogens with zero attached hydrogens (tertiary/aromatic N) is 2. The summed E-state index contributed by atoms with van der Waals surface area (Å²) in [4.78, 5) is 19.0. The average molecular weight is 491 g/mol. The molecule has 1 aromatic heterocycles. The second-order valence-corrected chi connectivity index (χ2v) is 9.80. The van der Waals surface area contributed by atoms with E-state index in [4.69, 9.17) is 23.2 Å². The van der Waals surface area contributed by atoms with E-state index in [0.29, 0.717) is 11.4 Å². The Bertz CT molecular complexity index is 1230. The van der Waals surface area contributed by atoms with Gasteiger partial charge in [-0.05, 0) is 67.4 Å². The molecule has 7 nitrogen and oxygen atoms in total. The number of amides is 1. The highest BCUT2D eigenvalue weighted by atomic mass is 35.5. The lowest BCUT2D eigenvalue weighted by molar-refractivity contribution is 0.102. The van der Waals surface area contributed by atoms with Gasteiger partial charge in [-0.3, -0.25) is 9.52 Å². The maximum Gasteiger partial charge on any atom is 0.263 e. The summed E-state index contributed by atoms with van der Waals surface area (Å²) in [5.41, 5.74) is 1.68. The second-order valence-electron chi connectivity index (χ2n) is 7.31. The van der Waals surface area contributed by atoms with E-state index in [2.05, 4.69) is 19.9 Å². The molecule has 1 fully saturated rings. The highest BCUT2D eigenvalue weighted by Gasteiger charge is 2.19. The predicted molar refractivity (Wildman–Crippen MR) is 127 cm³/mol. The van der Waals surface area contributed by atoms with Gasteiger partial charge >= 0.3 is 0 Å². The number of hydrogen-bond donors (Lipinski definition) is 2. The lowest BCUT2D eigenvalue weighted by atomic mass is 10.2. The van der Waals surface area contributed by atoms with Gasteiger partial charge in [0.15, 0.2) is 0 Å². The number of aromatic nitrogens is 1. The van der Waals surface area contributed by atoms with Crippen molar-refractivity contribution in [1.29, 1.82) is 0 Å². The summed E-state index contributed by atoms with van der Waals surface area (Å²) < 4.78 is 27.7. The molecule has 0 spiro atoms. The Morgan fingerprint density at radius 2 is 1.69 bits per heavy atom. The SMILES string of the molecule is O=C(Nc1ccc(N2CCCC2)cn1)c1ccc(NS(=O)(=O)c2cc(Cl)ccc2Cl)cc1. The molecule has 1 aliphatic rings. The highest BCUT2D eigenvalue weighted by Crippen LogP contribution is 2.27. The maximum absolute atomic E-state index is 12.6. The number of benzene rings is 2. The lowest BCUT2D eigenvalue weighted by Crippen LogP contribution is -2.18. The van der Waals surface area contributed by atoms with Crippen molar-refractivity contribution in [2.75, 3.05) is 28.0 Å². The Hall–Kier alpha value is -2.81. The first-order valence-corrected chi connectivity index (χ1v) is 12.2. The summed E-state index contributed by atoms with van der Waals surface area (Å²) in [6.07, 6.45) is 4.10. The lowest BCUT2D eigenvalue weighted by Gasteiger charge is -2.17. The number of carbonyl (C=O) groups excluding carboxylic acids is 1. The fraction of sp³-hybridized carbons (Fsp3) is 0.182. The van der Waals surface area contributed by atoms with Crippen molar-refractivity contribution < 1.29 is 13.2 Å². The van der Waals surface area contributed by atoms with Crippen molar-refractivity contribution in [3.63, 3.8) is 0 Å². The molecule has 1 saturated heterocycles. The van der Waals surface area contributed by atoms with Crippen molar-refractivity contribution in [2.24, 2.45) is 0 Å². The van der Waals surface area contributed by atoms with E-state index >= 15 is 0 Å². The predicted octanol–water partition coefficient (Wildman–Crippen LogP) is 5.04. The van der Waals surface area contributed by atoms with Gasteiger partial charge in [-0.25, -0.2) is 13.4 Å². The Kier molecular flexibility index (Phi) is 6.55. The fourth-order valence-electron chi connectivity index (χ4n) is 3.39. The van der Waals surface area contributed by atoms with Gasteiger partial charge in [0.25, 0.3) is 15.9 Å². The zero-order chi connectivity index (χ0) is 22.7. The monoisotopic (exact) mass is 490 g/mol. The van der Waals surface area contributed by atoms with Gasteiger partial charge in [-0.2, -0.15) is 0 Å². The molecule has 0 radical (unpaired) electrons. The van der Waals surface area contributed by atoms with Crippen molar-refractivity contribution in [3.8, 4) is 0 Å². The van der Waals surface area contributed by atoms with Crippen LogP contribution < -0.4 is 14.9 Å². The smallest absolute Gasteiger partial charge is 0.263 e. The van der Waals surface area contributed by atoms with Crippen LogP contribution in [-0.4, -0.2) is 32.4 Å². The standard InChI is InChI=1S/C22H20Cl2N4O3S/c23-16-5-9-19(24)20(13-16)32(30,31)27-17-6-3-15(4-7-17)22(29)26-21-10-8-18(14-25-21)28-11-1-2-12-28/h3-10,13-14,27H,1-2,11-12H2,(H,25,26,29). The van der Waals surface area contributed by atoms with Gasteiger partial charge in [0, 0.05) is 29.4 Å². The molecule has 1 aliphatic heterocycles. The molecular weight excluding hydrogens is 471 g/mol. The molecule has 4 rings (SSSR count). The third kappa shape index (κ3) is 5.15. The van der Waals surface area contributed by atoms with Gasteiger partial charge in [0.05, 0.1) is 16.9 Å². The molecule has 0 aliphatic carbocycles. The van der Waals surface area contributed by atoms with Crippen molar-refractivity contribution in [1.82, 2.24) is 4.98 Å². The van der Waals surface area contributed by atoms with E-state index in [9.17, 15) is 13.2 Å². The molecule has 166 valence electrons. The van der Waals surface area contributed by atoms with Crippen LogP contribution in [0.2, 0.25) is 10.0 Å². The van der Waals surface area contributed by atoms with Gasteiger partial charge in [-0.1, -0.05) is 23.2 Å². The van der Waals surface area contributed by atoms with Gasteiger partial charge in [0.2, 0.25) is 0 Å². The van der Waals surface area contributed by atoms with Crippen LogP contribution in [0.3, 0.4) is 0 Å². The summed E-state index contributed by atoms with van der Waals surface area (Å²) in [5, 5.41) is 3.05. The number of sulfonamides is 1. The van der Waals surface area contributed by atoms with Gasteiger partial charge in [-0.15, -0.1) is 0 Å². The van der Waals surface area contributed by atoms with Crippen LogP contribution in [0.5, 0.6) is 0 Å². The minimum Gasteiger partial charge on any atom is -0.370 e. The molecule has 2 heterocycles. The number of nitrogens with one attached hydrogen (secondary N) is 2. The number of carbonyl (C=O) groups is 1. The minimum absolute atomic E-state index is 0.0566. The van der Waals surface area contributed by atoms with E-state index < -0.39 is 10.0 Å². The third-order valence-electron chi connectivity index (χ3n) is 5.04. The van der Waals surface area contributed by atoms with Crippen LogP contribution in [-0.2, 0) is 10.0 Å². The fourth-order valence-corrected chi connectivity index (χ4v) is 5.22. The molecule has 10 heteroatoms. The Labute approximate surface area is 196 Å². The van der Waals surface area contributed by atoms with E-state index in [-0.39, 0.29) is 26.5 Å². The molecule has 2 aromatic carbocycles. The number of hydrogen-bond acceptors (Lipinski definition) is 5. The first-order valence-electron chi connectivity index (χ1n) is 9.92. The molecular formula is C22H20Cl2N4O3S. The summed E-state index contributed by atoms with van der Waals surface area (Å²) in [5.74, 6) is 0.0945. The van der Waals surface area contributed by atoms with E-state index in [1.807, 2.05) is 6.07 Å². The number of rotatable bonds is 6. The van der Waals surface area contributed by atoms with Crippen LogP contribution in [0.4, 0.5) is 17.2 Å². The summed E-state index contributed by atoms with van der Waals surface area (Å²) in [6, 6.07) is 13.9.